The molecule has 1 N–H and O–H groups in total. The van der Waals surface area contributed by atoms with Gasteiger partial charge >= 0.3 is 6.18 Å². The monoisotopic (exact) mass is 366 g/mol. The van der Waals surface area contributed by atoms with Crippen molar-refractivity contribution in [2.75, 3.05) is 36.5 Å². The number of halogens is 3. The summed E-state index contributed by atoms with van der Waals surface area (Å²) in [6, 6.07) is 6.66. The summed E-state index contributed by atoms with van der Waals surface area (Å²) in [6.07, 6.45) is -0.381. The van der Waals surface area contributed by atoms with E-state index < -0.39 is 17.6 Å². The quantitative estimate of drug-likeness (QED) is 0.837. The molecule has 1 aromatic heterocycles. The smallest absolute Gasteiger partial charge is 0.416 e. The number of nitrogens with zero attached hydrogens (tertiary/aromatic N) is 1. The summed E-state index contributed by atoms with van der Waals surface area (Å²) >= 11 is 0. The number of hydrogen-bond donors (Lipinski definition) is 1. The second-order valence-corrected chi connectivity index (χ2v) is 5.67. The Kier molecular flexibility index (Phi) is 5.32. The van der Waals surface area contributed by atoms with Crippen LogP contribution in [0.3, 0.4) is 0 Å². The van der Waals surface area contributed by atoms with Crippen LogP contribution in [0.1, 0.15) is 11.3 Å². The van der Waals surface area contributed by atoms with Gasteiger partial charge in [0.15, 0.2) is 0 Å². The average molecular weight is 366 g/mol. The lowest BCUT2D eigenvalue weighted by Gasteiger charge is -2.30. The summed E-state index contributed by atoms with van der Waals surface area (Å²) in [7, 11) is 0. The van der Waals surface area contributed by atoms with Crippen LogP contribution in [0, 0.1) is 0 Å². The van der Waals surface area contributed by atoms with Gasteiger partial charge < -0.3 is 19.4 Å². The van der Waals surface area contributed by atoms with Crippen LogP contribution < -0.4 is 10.2 Å². The lowest BCUT2D eigenvalue weighted by Crippen LogP contribution is -2.36. The molecule has 2 aromatic rings. The van der Waals surface area contributed by atoms with Crippen LogP contribution in [-0.2, 0) is 15.7 Å². The normalized spacial score (nSPS) is 15.4. The highest BCUT2D eigenvalue weighted by atomic mass is 19.4. The first-order chi connectivity index (χ1) is 12.4. The van der Waals surface area contributed by atoms with Crippen molar-refractivity contribution in [3.05, 3.63) is 54.0 Å². The van der Waals surface area contributed by atoms with Crippen LogP contribution >= 0.6 is 0 Å². The molecule has 26 heavy (non-hydrogen) atoms. The van der Waals surface area contributed by atoms with Gasteiger partial charge in [0.1, 0.15) is 5.76 Å². The summed E-state index contributed by atoms with van der Waals surface area (Å²) in [4.78, 5) is 14.0. The van der Waals surface area contributed by atoms with Gasteiger partial charge in [0.25, 0.3) is 0 Å². The Morgan fingerprint density at radius 3 is 2.62 bits per heavy atom. The van der Waals surface area contributed by atoms with Crippen molar-refractivity contribution in [3.63, 3.8) is 0 Å². The van der Waals surface area contributed by atoms with E-state index in [9.17, 15) is 18.0 Å². The molecule has 1 fully saturated rings. The van der Waals surface area contributed by atoms with E-state index in [0.29, 0.717) is 37.8 Å². The van der Waals surface area contributed by atoms with Crippen molar-refractivity contribution in [1.29, 1.82) is 0 Å². The van der Waals surface area contributed by atoms with Crippen molar-refractivity contribution in [1.82, 2.24) is 0 Å². The Bertz CT molecular complexity index is 779. The molecule has 1 aromatic carbocycles. The number of nitrogens with one attached hydrogen (secondary N) is 1. The van der Waals surface area contributed by atoms with E-state index in [1.54, 1.807) is 12.1 Å². The molecule has 0 radical (unpaired) electrons. The number of hydrogen-bond acceptors (Lipinski definition) is 4. The van der Waals surface area contributed by atoms with E-state index in [4.69, 9.17) is 9.15 Å². The summed E-state index contributed by atoms with van der Waals surface area (Å²) < 4.78 is 49.5. The van der Waals surface area contributed by atoms with E-state index in [-0.39, 0.29) is 5.69 Å². The number of rotatable bonds is 4. The molecule has 0 aliphatic carbocycles. The maximum atomic E-state index is 13.0. The highest BCUT2D eigenvalue weighted by Gasteiger charge is 2.31. The summed E-state index contributed by atoms with van der Waals surface area (Å²) in [6.45, 7) is 2.03. The Labute approximate surface area is 148 Å². The molecule has 0 atom stereocenters. The molecule has 1 amide bonds. The number of carbonyl (C=O) groups excluding carboxylic acids is 1. The van der Waals surface area contributed by atoms with Gasteiger partial charge in [-0.15, -0.1) is 0 Å². The Balaban J connectivity index is 1.85. The van der Waals surface area contributed by atoms with Gasteiger partial charge in [-0.3, -0.25) is 4.79 Å². The molecular formula is C18H17F3N2O3. The van der Waals surface area contributed by atoms with Crippen LogP contribution in [0.15, 0.2) is 47.1 Å². The minimum absolute atomic E-state index is 0.107. The Morgan fingerprint density at radius 2 is 1.96 bits per heavy atom. The van der Waals surface area contributed by atoms with Crippen LogP contribution in [0.4, 0.5) is 24.5 Å². The third-order valence-corrected chi connectivity index (χ3v) is 3.88. The van der Waals surface area contributed by atoms with Crippen molar-refractivity contribution in [2.45, 2.75) is 6.18 Å². The number of benzene rings is 1. The Hall–Kier alpha value is -2.74. The number of carbonyl (C=O) groups is 1. The molecule has 0 spiro atoms. The van der Waals surface area contributed by atoms with Crippen LogP contribution in [0.5, 0.6) is 0 Å². The highest BCUT2D eigenvalue weighted by molar-refractivity contribution is 6.03. The number of morpholine rings is 1. The zero-order valence-corrected chi connectivity index (χ0v) is 13.8. The Morgan fingerprint density at radius 1 is 1.19 bits per heavy atom. The zero-order valence-electron chi connectivity index (χ0n) is 13.8. The van der Waals surface area contributed by atoms with Crippen molar-refractivity contribution in [2.24, 2.45) is 0 Å². The van der Waals surface area contributed by atoms with Gasteiger partial charge in [-0.2, -0.15) is 13.2 Å². The molecular weight excluding hydrogens is 349 g/mol. The third-order valence-electron chi connectivity index (χ3n) is 3.88. The van der Waals surface area contributed by atoms with E-state index in [0.717, 1.165) is 12.1 Å². The number of amides is 1. The van der Waals surface area contributed by atoms with Gasteiger partial charge in [-0.25, -0.2) is 0 Å². The third kappa shape index (κ3) is 4.45. The van der Waals surface area contributed by atoms with Gasteiger partial charge in [-0.05, 0) is 36.4 Å². The predicted octanol–water partition coefficient (Wildman–Crippen LogP) is 3.79. The standard InChI is InChI=1S/C18H17F3N2O3/c19-18(20,21)13-3-5-16(23-7-10-25-11-8-23)15(12-13)22-17(24)6-4-14-2-1-9-26-14/h1-6,9,12H,7-8,10-11H2,(H,22,24). The van der Waals surface area contributed by atoms with Gasteiger partial charge in [0.05, 0.1) is 36.4 Å². The van der Waals surface area contributed by atoms with Crippen molar-refractivity contribution >= 4 is 23.4 Å². The maximum Gasteiger partial charge on any atom is 0.416 e. The molecule has 2 heterocycles. The average Bonchev–Trinajstić information content (AvgIpc) is 3.13. The van der Waals surface area contributed by atoms with E-state index in [1.807, 2.05) is 4.90 Å². The fraction of sp³-hybridized carbons (Fsp3) is 0.278. The second kappa shape index (κ2) is 7.65. The van der Waals surface area contributed by atoms with E-state index in [1.165, 1.54) is 24.5 Å². The molecule has 1 aliphatic heterocycles. The van der Waals surface area contributed by atoms with Crippen molar-refractivity contribution < 1.29 is 27.1 Å². The molecule has 0 unspecified atom stereocenters. The fourth-order valence-electron chi connectivity index (χ4n) is 2.61. The minimum Gasteiger partial charge on any atom is -0.465 e. The summed E-state index contributed by atoms with van der Waals surface area (Å²) in [5.74, 6) is -0.0761. The first-order valence-electron chi connectivity index (χ1n) is 8.00. The first-order valence-corrected chi connectivity index (χ1v) is 8.00. The molecule has 5 nitrogen and oxygen atoms in total. The molecule has 0 saturated carbocycles. The largest absolute Gasteiger partial charge is 0.465 e. The van der Waals surface area contributed by atoms with Crippen LogP contribution in [0.2, 0.25) is 0 Å². The van der Waals surface area contributed by atoms with Gasteiger partial charge in [0, 0.05) is 19.2 Å². The molecule has 3 rings (SSSR count). The summed E-state index contributed by atoms with van der Waals surface area (Å²) in [5, 5.41) is 2.53. The molecule has 138 valence electrons. The second-order valence-electron chi connectivity index (χ2n) is 5.67. The molecule has 8 heteroatoms. The van der Waals surface area contributed by atoms with Crippen molar-refractivity contribution in [3.8, 4) is 0 Å². The van der Waals surface area contributed by atoms with E-state index in [2.05, 4.69) is 5.32 Å². The summed E-state index contributed by atoms with van der Waals surface area (Å²) in [5.41, 5.74) is -0.184. The lowest BCUT2D eigenvalue weighted by molar-refractivity contribution is -0.137. The first kappa shape index (κ1) is 18.1. The predicted molar refractivity (Wildman–Crippen MR) is 90.8 cm³/mol. The number of furan rings is 1. The molecule has 1 aliphatic rings. The maximum absolute atomic E-state index is 13.0. The van der Waals surface area contributed by atoms with Gasteiger partial charge in [-0.1, -0.05) is 0 Å². The lowest BCUT2D eigenvalue weighted by atomic mass is 10.1. The van der Waals surface area contributed by atoms with Gasteiger partial charge in [0.2, 0.25) is 5.91 Å². The number of ether oxygens (including phenoxy) is 1. The number of anilines is 2. The van der Waals surface area contributed by atoms with E-state index >= 15 is 0 Å². The highest BCUT2D eigenvalue weighted by Crippen LogP contribution is 2.35. The van der Waals surface area contributed by atoms with Crippen LogP contribution in [-0.4, -0.2) is 32.2 Å². The number of alkyl halides is 3. The fourth-order valence-corrected chi connectivity index (χ4v) is 2.61. The SMILES string of the molecule is O=C(C=Cc1ccco1)Nc1cc(C(F)(F)F)ccc1N1CCOCC1. The molecule has 0 bridgehead atoms. The van der Waals surface area contributed by atoms with Crippen LogP contribution in [0.25, 0.3) is 6.08 Å². The minimum atomic E-state index is -4.49. The molecule has 1 saturated heterocycles. The topological polar surface area (TPSA) is 54.7 Å². The zero-order chi connectivity index (χ0) is 18.6.